The number of nitrogens with zero attached hydrogens (tertiary/aromatic N) is 3. The molecule has 1 aromatic carbocycles. The van der Waals surface area contributed by atoms with Crippen molar-refractivity contribution in [2.45, 2.75) is 19.0 Å². The van der Waals surface area contributed by atoms with E-state index in [0.717, 1.165) is 48.8 Å². The van der Waals surface area contributed by atoms with Crippen LogP contribution < -0.4 is 15.5 Å². The number of rotatable bonds is 4. The SMILES string of the molecule is CN1CCN(c2ncccc2CNC(=O)C2Cc3cc(Cl)ccc3N2)CC1. The summed E-state index contributed by atoms with van der Waals surface area (Å²) in [6.07, 6.45) is 2.47. The minimum absolute atomic E-state index is 0.00416. The molecule has 2 aliphatic rings. The summed E-state index contributed by atoms with van der Waals surface area (Å²) < 4.78 is 0. The molecule has 1 amide bonds. The van der Waals surface area contributed by atoms with E-state index < -0.39 is 0 Å². The van der Waals surface area contributed by atoms with E-state index in [9.17, 15) is 4.79 Å². The highest BCUT2D eigenvalue weighted by atomic mass is 35.5. The van der Waals surface area contributed by atoms with E-state index >= 15 is 0 Å². The van der Waals surface area contributed by atoms with E-state index in [4.69, 9.17) is 11.6 Å². The molecule has 0 aliphatic carbocycles. The molecule has 1 atom stereocenters. The van der Waals surface area contributed by atoms with Gasteiger partial charge in [0.25, 0.3) is 0 Å². The van der Waals surface area contributed by atoms with E-state index in [1.54, 1.807) is 0 Å². The van der Waals surface area contributed by atoms with Crippen molar-refractivity contribution >= 4 is 29.0 Å². The average Bonchev–Trinajstić information content (AvgIpc) is 3.10. The quantitative estimate of drug-likeness (QED) is 0.844. The molecule has 27 heavy (non-hydrogen) atoms. The minimum atomic E-state index is -0.262. The van der Waals surface area contributed by atoms with Crippen LogP contribution in [0.25, 0.3) is 0 Å². The third kappa shape index (κ3) is 4.01. The molecule has 1 unspecified atom stereocenters. The van der Waals surface area contributed by atoms with E-state index in [1.807, 2.05) is 36.5 Å². The predicted octanol–water partition coefficient (Wildman–Crippen LogP) is 2.14. The zero-order valence-electron chi connectivity index (χ0n) is 15.4. The number of hydrogen-bond acceptors (Lipinski definition) is 5. The van der Waals surface area contributed by atoms with Gasteiger partial charge in [-0.1, -0.05) is 17.7 Å². The van der Waals surface area contributed by atoms with Crippen molar-refractivity contribution in [2.24, 2.45) is 0 Å². The summed E-state index contributed by atoms with van der Waals surface area (Å²) in [6.45, 7) is 4.43. The molecule has 7 heteroatoms. The first-order valence-corrected chi connectivity index (χ1v) is 9.68. The Morgan fingerprint density at radius 2 is 2.11 bits per heavy atom. The first-order chi connectivity index (χ1) is 13.1. The maximum absolute atomic E-state index is 12.7. The fraction of sp³-hybridized carbons (Fsp3) is 0.400. The topological polar surface area (TPSA) is 60.5 Å². The van der Waals surface area contributed by atoms with Gasteiger partial charge in [0.15, 0.2) is 0 Å². The number of anilines is 2. The zero-order chi connectivity index (χ0) is 18.8. The van der Waals surface area contributed by atoms with E-state index in [0.29, 0.717) is 18.0 Å². The van der Waals surface area contributed by atoms with Gasteiger partial charge in [0.2, 0.25) is 5.91 Å². The summed E-state index contributed by atoms with van der Waals surface area (Å²) in [4.78, 5) is 21.8. The molecule has 0 radical (unpaired) electrons. The molecule has 0 saturated carbocycles. The van der Waals surface area contributed by atoms with Gasteiger partial charge in [0.1, 0.15) is 11.9 Å². The Bertz CT molecular complexity index is 835. The number of amides is 1. The van der Waals surface area contributed by atoms with Gasteiger partial charge in [0, 0.05) is 61.6 Å². The molecule has 0 spiro atoms. The van der Waals surface area contributed by atoms with Crippen LogP contribution in [0.15, 0.2) is 36.5 Å². The number of hydrogen-bond donors (Lipinski definition) is 2. The number of fused-ring (bicyclic) bond motifs is 1. The van der Waals surface area contributed by atoms with Gasteiger partial charge >= 0.3 is 0 Å². The Hall–Kier alpha value is -2.31. The Kier molecular flexibility index (Phi) is 5.18. The number of carbonyl (C=O) groups excluding carboxylic acids is 1. The number of likely N-dealkylation sites (N-methyl/N-ethyl adjacent to an activating group) is 1. The lowest BCUT2D eigenvalue weighted by atomic mass is 10.1. The summed E-state index contributed by atoms with van der Waals surface area (Å²) in [5.74, 6) is 0.968. The molecule has 2 aliphatic heterocycles. The summed E-state index contributed by atoms with van der Waals surface area (Å²) in [5.41, 5.74) is 3.12. The largest absolute Gasteiger partial charge is 0.373 e. The number of aromatic nitrogens is 1. The van der Waals surface area contributed by atoms with Crippen LogP contribution in [0.5, 0.6) is 0 Å². The number of piperazine rings is 1. The highest BCUT2D eigenvalue weighted by Gasteiger charge is 2.27. The lowest BCUT2D eigenvalue weighted by Crippen LogP contribution is -2.45. The fourth-order valence-electron chi connectivity index (χ4n) is 3.67. The van der Waals surface area contributed by atoms with Gasteiger partial charge in [-0.2, -0.15) is 0 Å². The maximum atomic E-state index is 12.7. The molecule has 1 fully saturated rings. The highest BCUT2D eigenvalue weighted by Crippen LogP contribution is 2.28. The van der Waals surface area contributed by atoms with Gasteiger partial charge in [0.05, 0.1) is 0 Å². The van der Waals surface area contributed by atoms with Crippen LogP contribution in [-0.2, 0) is 17.8 Å². The van der Waals surface area contributed by atoms with Crippen LogP contribution in [0.1, 0.15) is 11.1 Å². The Balaban J connectivity index is 1.39. The number of nitrogens with one attached hydrogen (secondary N) is 2. The van der Waals surface area contributed by atoms with Crippen molar-refractivity contribution in [3.8, 4) is 0 Å². The molecule has 3 heterocycles. The van der Waals surface area contributed by atoms with Crippen LogP contribution in [0.4, 0.5) is 11.5 Å². The van der Waals surface area contributed by atoms with Gasteiger partial charge in [-0.25, -0.2) is 4.98 Å². The van der Waals surface area contributed by atoms with Gasteiger partial charge in [-0.15, -0.1) is 0 Å². The monoisotopic (exact) mass is 385 g/mol. The summed E-state index contributed by atoms with van der Waals surface area (Å²) in [6, 6.07) is 9.39. The Morgan fingerprint density at radius 3 is 2.93 bits per heavy atom. The van der Waals surface area contributed by atoms with E-state index in [1.165, 1.54) is 0 Å². The fourth-order valence-corrected chi connectivity index (χ4v) is 3.86. The molecule has 2 N–H and O–H groups in total. The van der Waals surface area contributed by atoms with Crippen molar-refractivity contribution in [1.29, 1.82) is 0 Å². The van der Waals surface area contributed by atoms with Crippen molar-refractivity contribution < 1.29 is 4.79 Å². The number of benzene rings is 1. The molecule has 0 bridgehead atoms. The molecule has 6 nitrogen and oxygen atoms in total. The second-order valence-electron chi connectivity index (χ2n) is 7.20. The first-order valence-electron chi connectivity index (χ1n) is 9.30. The van der Waals surface area contributed by atoms with Crippen molar-refractivity contribution in [3.63, 3.8) is 0 Å². The van der Waals surface area contributed by atoms with Crippen molar-refractivity contribution in [2.75, 3.05) is 43.4 Å². The summed E-state index contributed by atoms with van der Waals surface area (Å²) in [7, 11) is 2.14. The van der Waals surface area contributed by atoms with Crippen LogP contribution >= 0.6 is 11.6 Å². The van der Waals surface area contributed by atoms with Gasteiger partial charge in [-0.3, -0.25) is 4.79 Å². The van der Waals surface area contributed by atoms with E-state index in [-0.39, 0.29) is 11.9 Å². The maximum Gasteiger partial charge on any atom is 0.243 e. The standard InChI is InChI=1S/C20H24ClN5O/c1-25-7-9-26(10-8-25)19-14(3-2-6-22-19)13-23-20(27)18-12-15-11-16(21)4-5-17(15)24-18/h2-6,11,18,24H,7-10,12-13H2,1H3,(H,23,27). The molecule has 1 saturated heterocycles. The summed E-state index contributed by atoms with van der Waals surface area (Å²) >= 11 is 6.05. The highest BCUT2D eigenvalue weighted by molar-refractivity contribution is 6.30. The smallest absolute Gasteiger partial charge is 0.243 e. The second kappa shape index (κ2) is 7.74. The second-order valence-corrected chi connectivity index (χ2v) is 7.63. The molecule has 1 aromatic heterocycles. The third-order valence-corrected chi connectivity index (χ3v) is 5.50. The average molecular weight is 386 g/mol. The van der Waals surface area contributed by atoms with Crippen LogP contribution in [-0.4, -0.2) is 55.1 Å². The predicted molar refractivity (Wildman–Crippen MR) is 108 cm³/mol. The van der Waals surface area contributed by atoms with Crippen LogP contribution in [0, 0.1) is 0 Å². The van der Waals surface area contributed by atoms with Gasteiger partial charge in [-0.05, 0) is 36.9 Å². The normalized spacial score (nSPS) is 19.5. The molecule has 142 valence electrons. The summed E-state index contributed by atoms with van der Waals surface area (Å²) in [5, 5.41) is 7.04. The lowest BCUT2D eigenvalue weighted by molar-refractivity contribution is -0.121. The molecule has 2 aromatic rings. The Morgan fingerprint density at radius 1 is 1.30 bits per heavy atom. The minimum Gasteiger partial charge on any atom is -0.373 e. The lowest BCUT2D eigenvalue weighted by Gasteiger charge is -2.34. The van der Waals surface area contributed by atoms with Crippen LogP contribution in [0.2, 0.25) is 5.02 Å². The third-order valence-electron chi connectivity index (χ3n) is 5.26. The molecular weight excluding hydrogens is 362 g/mol. The number of pyridine rings is 1. The first kappa shape index (κ1) is 18.1. The number of carbonyl (C=O) groups is 1. The number of halogens is 1. The molecule has 4 rings (SSSR count). The van der Waals surface area contributed by atoms with Crippen molar-refractivity contribution in [1.82, 2.24) is 15.2 Å². The zero-order valence-corrected chi connectivity index (χ0v) is 16.2. The van der Waals surface area contributed by atoms with Crippen LogP contribution in [0.3, 0.4) is 0 Å². The Labute approximate surface area is 164 Å². The van der Waals surface area contributed by atoms with E-state index in [2.05, 4.69) is 32.5 Å². The van der Waals surface area contributed by atoms with Crippen molar-refractivity contribution in [3.05, 3.63) is 52.7 Å². The molecular formula is C20H24ClN5O. The van der Waals surface area contributed by atoms with Gasteiger partial charge < -0.3 is 20.4 Å².